The molecular formula is C16H29Cl2N5O. The van der Waals surface area contributed by atoms with Gasteiger partial charge in [0.2, 0.25) is 5.91 Å². The molecule has 2 N–H and O–H groups in total. The van der Waals surface area contributed by atoms with Crippen LogP contribution in [0.4, 0.5) is 5.82 Å². The standard InChI is InChI=1S/C16H27N5O.2ClH/c1-2-20-10-6-14(7-11-20)21-15(5-9-18-21)19-16(22)13-4-3-8-17-12-13;;/h5,9,13-14,17H,2-4,6-8,10-12H2,1H3,(H,19,22);2*1H. The molecule has 0 radical (unpaired) electrons. The summed E-state index contributed by atoms with van der Waals surface area (Å²) in [4.78, 5) is 14.9. The van der Waals surface area contributed by atoms with Crippen LogP contribution in [0.3, 0.4) is 0 Å². The number of rotatable bonds is 4. The molecule has 1 aromatic rings. The van der Waals surface area contributed by atoms with Crippen LogP contribution < -0.4 is 10.6 Å². The first-order chi connectivity index (χ1) is 10.8. The molecule has 1 atom stereocenters. The molecule has 3 heterocycles. The van der Waals surface area contributed by atoms with Crippen LogP contribution in [0.25, 0.3) is 0 Å². The largest absolute Gasteiger partial charge is 0.316 e. The van der Waals surface area contributed by atoms with Crippen molar-refractivity contribution in [2.24, 2.45) is 5.92 Å². The summed E-state index contributed by atoms with van der Waals surface area (Å²) in [7, 11) is 0. The topological polar surface area (TPSA) is 62.2 Å². The third-order valence-corrected chi connectivity index (χ3v) is 4.94. The van der Waals surface area contributed by atoms with E-state index in [9.17, 15) is 4.79 Å². The van der Waals surface area contributed by atoms with E-state index in [1.54, 1.807) is 6.20 Å². The summed E-state index contributed by atoms with van der Waals surface area (Å²) in [6.07, 6.45) is 6.04. The Morgan fingerprint density at radius 2 is 2.08 bits per heavy atom. The minimum Gasteiger partial charge on any atom is -0.316 e. The maximum atomic E-state index is 12.4. The smallest absolute Gasteiger partial charge is 0.229 e. The van der Waals surface area contributed by atoms with Crippen molar-refractivity contribution in [3.63, 3.8) is 0 Å². The molecule has 0 spiro atoms. The Kier molecular flexibility index (Phi) is 9.05. The van der Waals surface area contributed by atoms with Crippen molar-refractivity contribution in [2.75, 3.05) is 38.0 Å². The average molecular weight is 378 g/mol. The number of hydrogen-bond acceptors (Lipinski definition) is 4. The summed E-state index contributed by atoms with van der Waals surface area (Å²) in [6, 6.07) is 2.32. The first-order valence-corrected chi connectivity index (χ1v) is 8.55. The van der Waals surface area contributed by atoms with Crippen LogP contribution in [0.15, 0.2) is 12.3 Å². The number of halogens is 2. The molecule has 0 saturated carbocycles. The summed E-state index contributed by atoms with van der Waals surface area (Å²) in [5.41, 5.74) is 0. The third-order valence-electron chi connectivity index (χ3n) is 4.94. The van der Waals surface area contributed by atoms with Crippen molar-refractivity contribution in [1.29, 1.82) is 0 Å². The molecule has 138 valence electrons. The van der Waals surface area contributed by atoms with Crippen LogP contribution in [-0.2, 0) is 4.79 Å². The van der Waals surface area contributed by atoms with Gasteiger partial charge in [0.15, 0.2) is 0 Å². The van der Waals surface area contributed by atoms with Crippen LogP contribution in [0.2, 0.25) is 0 Å². The Morgan fingerprint density at radius 1 is 1.33 bits per heavy atom. The van der Waals surface area contributed by atoms with Crippen molar-refractivity contribution >= 4 is 36.5 Å². The zero-order valence-electron chi connectivity index (χ0n) is 14.2. The van der Waals surface area contributed by atoms with E-state index < -0.39 is 0 Å². The predicted octanol–water partition coefficient (Wildman–Crippen LogP) is 2.32. The van der Waals surface area contributed by atoms with E-state index in [0.29, 0.717) is 6.04 Å². The van der Waals surface area contributed by atoms with E-state index in [2.05, 4.69) is 27.6 Å². The number of nitrogens with zero attached hydrogens (tertiary/aromatic N) is 3. The van der Waals surface area contributed by atoms with Gasteiger partial charge >= 0.3 is 0 Å². The van der Waals surface area contributed by atoms with Gasteiger partial charge < -0.3 is 15.5 Å². The van der Waals surface area contributed by atoms with E-state index in [4.69, 9.17) is 0 Å². The number of amides is 1. The zero-order valence-corrected chi connectivity index (χ0v) is 15.9. The maximum absolute atomic E-state index is 12.4. The molecular weight excluding hydrogens is 349 g/mol. The number of nitrogens with one attached hydrogen (secondary N) is 2. The lowest BCUT2D eigenvalue weighted by molar-refractivity contribution is -0.120. The van der Waals surface area contributed by atoms with E-state index in [1.165, 1.54) is 0 Å². The molecule has 24 heavy (non-hydrogen) atoms. The van der Waals surface area contributed by atoms with E-state index in [1.807, 2.05) is 10.7 Å². The quantitative estimate of drug-likeness (QED) is 0.844. The van der Waals surface area contributed by atoms with E-state index in [0.717, 1.165) is 64.2 Å². The Balaban J connectivity index is 0.00000144. The third kappa shape index (κ3) is 5.09. The van der Waals surface area contributed by atoms with Crippen molar-refractivity contribution in [3.8, 4) is 0 Å². The summed E-state index contributed by atoms with van der Waals surface area (Å²) >= 11 is 0. The average Bonchev–Trinajstić information content (AvgIpc) is 3.04. The van der Waals surface area contributed by atoms with Crippen LogP contribution in [0.1, 0.15) is 38.6 Å². The molecule has 0 aliphatic carbocycles. The van der Waals surface area contributed by atoms with Gasteiger partial charge in [-0.05, 0) is 38.8 Å². The number of likely N-dealkylation sites (tertiary alicyclic amines) is 1. The highest BCUT2D eigenvalue weighted by Crippen LogP contribution is 2.25. The minimum atomic E-state index is 0. The lowest BCUT2D eigenvalue weighted by Gasteiger charge is -2.32. The van der Waals surface area contributed by atoms with Crippen LogP contribution in [-0.4, -0.2) is 53.3 Å². The number of hydrogen-bond donors (Lipinski definition) is 2. The molecule has 1 aromatic heterocycles. The number of aromatic nitrogens is 2. The second kappa shape index (κ2) is 10.2. The van der Waals surface area contributed by atoms with Crippen molar-refractivity contribution < 1.29 is 4.79 Å². The second-order valence-corrected chi connectivity index (χ2v) is 6.36. The fourth-order valence-corrected chi connectivity index (χ4v) is 3.49. The predicted molar refractivity (Wildman–Crippen MR) is 101 cm³/mol. The normalized spacial score (nSPS) is 22.3. The molecule has 1 amide bonds. The summed E-state index contributed by atoms with van der Waals surface area (Å²) in [5, 5.41) is 10.8. The molecule has 1 unspecified atom stereocenters. The van der Waals surface area contributed by atoms with Gasteiger partial charge in [0.25, 0.3) is 0 Å². The zero-order chi connectivity index (χ0) is 15.4. The molecule has 2 aliphatic heterocycles. The summed E-state index contributed by atoms with van der Waals surface area (Å²) in [6.45, 7) is 7.36. The van der Waals surface area contributed by atoms with Gasteiger partial charge in [0.1, 0.15) is 5.82 Å². The van der Waals surface area contributed by atoms with E-state index >= 15 is 0 Å². The fraction of sp³-hybridized carbons (Fsp3) is 0.750. The van der Waals surface area contributed by atoms with Gasteiger partial charge in [0, 0.05) is 25.7 Å². The number of anilines is 1. The summed E-state index contributed by atoms with van der Waals surface area (Å²) in [5.74, 6) is 1.06. The van der Waals surface area contributed by atoms with Crippen molar-refractivity contribution in [2.45, 2.75) is 38.6 Å². The van der Waals surface area contributed by atoms with Gasteiger partial charge in [-0.2, -0.15) is 5.10 Å². The van der Waals surface area contributed by atoms with Crippen LogP contribution in [0, 0.1) is 5.92 Å². The Hall–Kier alpha value is -0.820. The van der Waals surface area contributed by atoms with Gasteiger partial charge in [-0.25, -0.2) is 4.68 Å². The molecule has 3 rings (SSSR count). The Labute approximate surface area is 156 Å². The molecule has 8 heteroatoms. The Morgan fingerprint density at radius 3 is 2.71 bits per heavy atom. The number of carbonyl (C=O) groups excluding carboxylic acids is 1. The fourth-order valence-electron chi connectivity index (χ4n) is 3.49. The van der Waals surface area contributed by atoms with Crippen LogP contribution in [0.5, 0.6) is 0 Å². The monoisotopic (exact) mass is 377 g/mol. The highest BCUT2D eigenvalue weighted by molar-refractivity contribution is 5.92. The minimum absolute atomic E-state index is 0. The van der Waals surface area contributed by atoms with Gasteiger partial charge in [-0.15, -0.1) is 24.8 Å². The van der Waals surface area contributed by atoms with Gasteiger partial charge in [0.05, 0.1) is 18.2 Å². The SMILES string of the molecule is CCN1CCC(n2nccc2NC(=O)C2CCCNC2)CC1.Cl.Cl. The van der Waals surface area contributed by atoms with Gasteiger partial charge in [-0.1, -0.05) is 6.92 Å². The molecule has 0 aromatic carbocycles. The first kappa shape index (κ1) is 21.2. The number of piperidine rings is 2. The first-order valence-electron chi connectivity index (χ1n) is 8.55. The lowest BCUT2D eigenvalue weighted by Crippen LogP contribution is -2.38. The highest BCUT2D eigenvalue weighted by atomic mass is 35.5. The molecule has 0 bridgehead atoms. The number of carbonyl (C=O) groups is 1. The Bertz CT molecular complexity index is 496. The van der Waals surface area contributed by atoms with Crippen molar-refractivity contribution in [3.05, 3.63) is 12.3 Å². The molecule has 6 nitrogen and oxygen atoms in total. The molecule has 2 saturated heterocycles. The summed E-state index contributed by atoms with van der Waals surface area (Å²) < 4.78 is 2.02. The van der Waals surface area contributed by atoms with Crippen LogP contribution >= 0.6 is 24.8 Å². The van der Waals surface area contributed by atoms with E-state index in [-0.39, 0.29) is 36.6 Å². The molecule has 2 aliphatic rings. The lowest BCUT2D eigenvalue weighted by atomic mass is 9.99. The van der Waals surface area contributed by atoms with Gasteiger partial charge in [-0.3, -0.25) is 4.79 Å². The van der Waals surface area contributed by atoms with Crippen molar-refractivity contribution in [1.82, 2.24) is 20.0 Å². The maximum Gasteiger partial charge on any atom is 0.229 e. The molecule has 2 fully saturated rings. The second-order valence-electron chi connectivity index (χ2n) is 6.36. The highest BCUT2D eigenvalue weighted by Gasteiger charge is 2.25.